The van der Waals surface area contributed by atoms with E-state index in [-0.39, 0.29) is 11.4 Å². The normalized spacial score (nSPS) is 10.6. The molecular formula is C17H18N4O6. The van der Waals surface area contributed by atoms with E-state index in [0.29, 0.717) is 30.3 Å². The molecule has 0 aliphatic heterocycles. The zero-order chi connectivity index (χ0) is 19.8. The molecule has 142 valence electrons. The predicted molar refractivity (Wildman–Crippen MR) is 99.7 cm³/mol. The Morgan fingerprint density at radius 2 is 1.78 bits per heavy atom. The highest BCUT2D eigenvalue weighted by Gasteiger charge is 2.19. The molecule has 0 bridgehead atoms. The molecule has 0 aromatic heterocycles. The Morgan fingerprint density at radius 1 is 1.04 bits per heavy atom. The van der Waals surface area contributed by atoms with E-state index >= 15 is 0 Å². The van der Waals surface area contributed by atoms with Gasteiger partial charge in [0.2, 0.25) is 0 Å². The average molecular weight is 374 g/mol. The maximum absolute atomic E-state index is 11.1. The second-order valence-electron chi connectivity index (χ2n) is 5.15. The molecule has 0 amide bonds. The first-order valence-corrected chi connectivity index (χ1v) is 8.07. The van der Waals surface area contributed by atoms with Crippen LogP contribution in [0.15, 0.2) is 41.5 Å². The van der Waals surface area contributed by atoms with Crippen LogP contribution in [0.5, 0.6) is 11.5 Å². The summed E-state index contributed by atoms with van der Waals surface area (Å²) in [4.78, 5) is 20.5. The third kappa shape index (κ3) is 5.14. The predicted octanol–water partition coefficient (Wildman–Crippen LogP) is 3.75. The van der Waals surface area contributed by atoms with E-state index in [4.69, 9.17) is 9.47 Å². The lowest BCUT2D eigenvalue weighted by atomic mass is 10.2. The lowest BCUT2D eigenvalue weighted by Crippen LogP contribution is -2.01. The van der Waals surface area contributed by atoms with Gasteiger partial charge in [-0.1, -0.05) is 0 Å². The minimum Gasteiger partial charge on any atom is -0.494 e. The molecule has 2 aromatic rings. The van der Waals surface area contributed by atoms with Crippen LogP contribution in [0.25, 0.3) is 0 Å². The molecule has 2 aromatic carbocycles. The van der Waals surface area contributed by atoms with Gasteiger partial charge in [-0.05, 0) is 38.1 Å². The van der Waals surface area contributed by atoms with Crippen LogP contribution in [0.1, 0.15) is 19.4 Å². The third-order valence-electron chi connectivity index (χ3n) is 3.37. The fraction of sp³-hybridized carbons (Fsp3) is 0.235. The summed E-state index contributed by atoms with van der Waals surface area (Å²) in [7, 11) is 0. The summed E-state index contributed by atoms with van der Waals surface area (Å²) >= 11 is 0. The van der Waals surface area contributed by atoms with Gasteiger partial charge in [0.15, 0.2) is 0 Å². The fourth-order valence-electron chi connectivity index (χ4n) is 2.22. The third-order valence-corrected chi connectivity index (χ3v) is 3.37. The van der Waals surface area contributed by atoms with Gasteiger partial charge in [0.1, 0.15) is 17.2 Å². The van der Waals surface area contributed by atoms with Crippen molar-refractivity contribution in [1.82, 2.24) is 0 Å². The van der Waals surface area contributed by atoms with Crippen LogP contribution in [0.3, 0.4) is 0 Å². The quantitative estimate of drug-likeness (QED) is 0.402. The van der Waals surface area contributed by atoms with Crippen molar-refractivity contribution in [2.75, 3.05) is 18.6 Å². The van der Waals surface area contributed by atoms with Gasteiger partial charge in [0, 0.05) is 11.6 Å². The summed E-state index contributed by atoms with van der Waals surface area (Å²) in [5.74, 6) is 1.20. The molecule has 1 N–H and O–H groups in total. The van der Waals surface area contributed by atoms with Gasteiger partial charge in [-0.15, -0.1) is 0 Å². The van der Waals surface area contributed by atoms with Crippen LogP contribution in [-0.4, -0.2) is 29.3 Å². The number of hydrogen-bond acceptors (Lipinski definition) is 8. The summed E-state index contributed by atoms with van der Waals surface area (Å²) in [5, 5.41) is 25.9. The zero-order valence-electron chi connectivity index (χ0n) is 14.7. The van der Waals surface area contributed by atoms with Crippen molar-refractivity contribution in [3.8, 4) is 11.5 Å². The minimum absolute atomic E-state index is 0.0285. The second-order valence-corrected chi connectivity index (χ2v) is 5.15. The highest BCUT2D eigenvalue weighted by molar-refractivity contribution is 5.85. The molecule has 10 nitrogen and oxygen atoms in total. The second kappa shape index (κ2) is 9.13. The smallest absolute Gasteiger partial charge is 0.301 e. The molecule has 0 spiro atoms. The lowest BCUT2D eigenvalue weighted by Gasteiger charge is -2.09. The van der Waals surface area contributed by atoms with Crippen molar-refractivity contribution in [1.29, 1.82) is 0 Å². The first-order chi connectivity index (χ1) is 13.0. The van der Waals surface area contributed by atoms with Crippen LogP contribution in [0.2, 0.25) is 0 Å². The Kier molecular flexibility index (Phi) is 6.64. The fourth-order valence-corrected chi connectivity index (χ4v) is 2.22. The summed E-state index contributed by atoms with van der Waals surface area (Å²) < 4.78 is 11.0. The van der Waals surface area contributed by atoms with Crippen molar-refractivity contribution >= 4 is 23.3 Å². The number of rotatable bonds is 9. The van der Waals surface area contributed by atoms with E-state index in [1.165, 1.54) is 12.3 Å². The molecule has 10 heteroatoms. The van der Waals surface area contributed by atoms with Crippen molar-refractivity contribution < 1.29 is 19.3 Å². The van der Waals surface area contributed by atoms with Gasteiger partial charge >= 0.3 is 5.69 Å². The number of hydrazone groups is 1. The van der Waals surface area contributed by atoms with Gasteiger partial charge in [0.25, 0.3) is 5.69 Å². The number of nitrogens with zero attached hydrogens (tertiary/aromatic N) is 3. The number of nitro benzene ring substituents is 2. The first-order valence-electron chi connectivity index (χ1n) is 8.07. The summed E-state index contributed by atoms with van der Waals surface area (Å²) in [5.41, 5.74) is 2.35. The maximum atomic E-state index is 11.1. The van der Waals surface area contributed by atoms with Crippen molar-refractivity contribution in [2.45, 2.75) is 13.8 Å². The number of non-ortho nitro benzene ring substituents is 1. The largest absolute Gasteiger partial charge is 0.494 e. The van der Waals surface area contributed by atoms with E-state index in [9.17, 15) is 20.2 Å². The Morgan fingerprint density at radius 3 is 2.41 bits per heavy atom. The van der Waals surface area contributed by atoms with Crippen LogP contribution in [0, 0.1) is 20.2 Å². The molecule has 0 heterocycles. The number of anilines is 1. The highest BCUT2D eigenvalue weighted by atomic mass is 16.6. The average Bonchev–Trinajstić information content (AvgIpc) is 2.64. The highest BCUT2D eigenvalue weighted by Crippen LogP contribution is 2.29. The molecule has 0 aliphatic rings. The first kappa shape index (κ1) is 19.6. The van der Waals surface area contributed by atoms with Crippen LogP contribution in [0.4, 0.5) is 17.1 Å². The van der Waals surface area contributed by atoms with Gasteiger partial charge in [0.05, 0.1) is 35.3 Å². The molecule has 0 atom stereocenters. The maximum Gasteiger partial charge on any atom is 0.301 e. The number of hydrogen-bond donors (Lipinski definition) is 1. The summed E-state index contributed by atoms with van der Waals surface area (Å²) in [6.07, 6.45) is 1.43. The number of ether oxygens (including phenoxy) is 2. The standard InChI is InChI=1S/C17H18N4O6/c1-3-26-14-6-8-17(27-4-2)12(9-14)11-18-19-15-7-5-13(20(22)23)10-16(15)21(24)25/h5-11,19H,3-4H2,1-2H3. The molecule has 0 saturated carbocycles. The van der Waals surface area contributed by atoms with Crippen molar-refractivity contribution in [2.24, 2.45) is 5.10 Å². The number of nitrogens with one attached hydrogen (secondary N) is 1. The molecule has 27 heavy (non-hydrogen) atoms. The van der Waals surface area contributed by atoms with Crippen LogP contribution in [-0.2, 0) is 0 Å². The van der Waals surface area contributed by atoms with Crippen molar-refractivity contribution in [3.63, 3.8) is 0 Å². The monoisotopic (exact) mass is 374 g/mol. The van der Waals surface area contributed by atoms with E-state index in [1.54, 1.807) is 18.2 Å². The number of nitro groups is 2. The Labute approximate surface area is 154 Å². The summed E-state index contributed by atoms with van der Waals surface area (Å²) in [6.45, 7) is 4.66. The van der Waals surface area contributed by atoms with Gasteiger partial charge in [-0.3, -0.25) is 25.7 Å². The van der Waals surface area contributed by atoms with Gasteiger partial charge < -0.3 is 9.47 Å². The van der Waals surface area contributed by atoms with E-state index in [1.807, 2.05) is 13.8 Å². The lowest BCUT2D eigenvalue weighted by molar-refractivity contribution is -0.393. The van der Waals surface area contributed by atoms with Crippen LogP contribution >= 0.6 is 0 Å². The van der Waals surface area contributed by atoms with E-state index < -0.39 is 15.5 Å². The number of benzene rings is 2. The van der Waals surface area contributed by atoms with Gasteiger partial charge in [-0.25, -0.2) is 0 Å². The Bertz CT molecular complexity index is 868. The van der Waals surface area contributed by atoms with Crippen molar-refractivity contribution in [3.05, 3.63) is 62.2 Å². The zero-order valence-corrected chi connectivity index (χ0v) is 14.7. The summed E-state index contributed by atoms with van der Waals surface area (Å²) in [6, 6.07) is 8.49. The minimum atomic E-state index is -0.716. The molecule has 0 aliphatic carbocycles. The topological polar surface area (TPSA) is 129 Å². The molecule has 0 unspecified atom stereocenters. The van der Waals surface area contributed by atoms with E-state index in [2.05, 4.69) is 10.5 Å². The molecule has 2 rings (SSSR count). The van der Waals surface area contributed by atoms with Crippen LogP contribution < -0.4 is 14.9 Å². The van der Waals surface area contributed by atoms with Gasteiger partial charge in [-0.2, -0.15) is 5.10 Å². The Hall–Kier alpha value is -3.69. The van der Waals surface area contributed by atoms with E-state index in [0.717, 1.165) is 12.1 Å². The molecule has 0 fully saturated rings. The molecule has 0 saturated heterocycles. The molecular weight excluding hydrogens is 356 g/mol. The Balaban J connectivity index is 2.27. The SMILES string of the molecule is CCOc1ccc(OCC)c(C=NNc2ccc([N+](=O)[O-])cc2[N+](=O)[O-])c1. The molecule has 0 radical (unpaired) electrons.